The standard InChI is InChI=1S/C11H24N2S/c1-4-11(9-14-3)13(2)8-10-5-6-12-7-10/h10-12H,4-9H2,1-3H3. The Morgan fingerprint density at radius 1 is 1.57 bits per heavy atom. The normalized spacial score (nSPS) is 24.4. The molecule has 2 unspecified atom stereocenters. The van der Waals surface area contributed by atoms with Crippen molar-refractivity contribution in [1.29, 1.82) is 0 Å². The van der Waals surface area contributed by atoms with Gasteiger partial charge in [0.15, 0.2) is 0 Å². The molecule has 1 saturated heterocycles. The third-order valence-electron chi connectivity index (χ3n) is 3.16. The van der Waals surface area contributed by atoms with E-state index in [9.17, 15) is 0 Å². The van der Waals surface area contributed by atoms with Gasteiger partial charge in [-0.15, -0.1) is 0 Å². The third-order valence-corrected chi connectivity index (χ3v) is 3.88. The Kier molecular flexibility index (Phi) is 5.90. The Morgan fingerprint density at radius 2 is 2.36 bits per heavy atom. The van der Waals surface area contributed by atoms with Gasteiger partial charge in [0.2, 0.25) is 0 Å². The van der Waals surface area contributed by atoms with Crippen LogP contribution in [0.4, 0.5) is 0 Å². The maximum Gasteiger partial charge on any atom is 0.0180 e. The molecule has 1 fully saturated rings. The van der Waals surface area contributed by atoms with Crippen LogP contribution in [0.1, 0.15) is 19.8 Å². The first kappa shape index (κ1) is 12.3. The third kappa shape index (κ3) is 3.79. The van der Waals surface area contributed by atoms with Crippen molar-refractivity contribution >= 4 is 11.8 Å². The predicted molar refractivity (Wildman–Crippen MR) is 66.1 cm³/mol. The quantitative estimate of drug-likeness (QED) is 0.727. The highest BCUT2D eigenvalue weighted by Crippen LogP contribution is 2.14. The molecule has 0 radical (unpaired) electrons. The van der Waals surface area contributed by atoms with Crippen LogP contribution in [-0.4, -0.2) is 49.6 Å². The largest absolute Gasteiger partial charge is 0.316 e. The van der Waals surface area contributed by atoms with Crippen LogP contribution in [0.15, 0.2) is 0 Å². The smallest absolute Gasteiger partial charge is 0.0180 e. The van der Waals surface area contributed by atoms with Crippen LogP contribution in [0, 0.1) is 5.92 Å². The minimum absolute atomic E-state index is 0.769. The van der Waals surface area contributed by atoms with Gasteiger partial charge in [-0.1, -0.05) is 6.92 Å². The highest BCUT2D eigenvalue weighted by molar-refractivity contribution is 7.98. The molecule has 1 N–H and O–H groups in total. The summed E-state index contributed by atoms with van der Waals surface area (Å²) in [5.41, 5.74) is 0. The zero-order valence-corrected chi connectivity index (χ0v) is 10.6. The van der Waals surface area contributed by atoms with Crippen LogP contribution < -0.4 is 5.32 Å². The molecule has 1 heterocycles. The van der Waals surface area contributed by atoms with E-state index < -0.39 is 0 Å². The van der Waals surface area contributed by atoms with Crippen LogP contribution in [-0.2, 0) is 0 Å². The van der Waals surface area contributed by atoms with E-state index in [4.69, 9.17) is 0 Å². The van der Waals surface area contributed by atoms with E-state index in [1.807, 2.05) is 11.8 Å². The van der Waals surface area contributed by atoms with Crippen molar-refractivity contribution in [3.63, 3.8) is 0 Å². The van der Waals surface area contributed by atoms with Crippen molar-refractivity contribution < 1.29 is 0 Å². The van der Waals surface area contributed by atoms with Gasteiger partial charge in [-0.05, 0) is 45.2 Å². The molecule has 3 heteroatoms. The Hall–Kier alpha value is 0.270. The summed E-state index contributed by atoms with van der Waals surface area (Å²) in [5.74, 6) is 2.16. The molecule has 0 saturated carbocycles. The summed E-state index contributed by atoms with van der Waals surface area (Å²) in [6.07, 6.45) is 4.84. The van der Waals surface area contributed by atoms with E-state index in [1.165, 1.54) is 38.2 Å². The summed E-state index contributed by atoms with van der Waals surface area (Å²) < 4.78 is 0. The minimum atomic E-state index is 0.769. The van der Waals surface area contributed by atoms with Gasteiger partial charge in [-0.3, -0.25) is 0 Å². The van der Waals surface area contributed by atoms with Crippen molar-refractivity contribution in [2.24, 2.45) is 5.92 Å². The van der Waals surface area contributed by atoms with Crippen LogP contribution >= 0.6 is 11.8 Å². The number of hydrogen-bond donors (Lipinski definition) is 1. The lowest BCUT2D eigenvalue weighted by atomic mass is 10.1. The van der Waals surface area contributed by atoms with Crippen molar-refractivity contribution in [1.82, 2.24) is 10.2 Å². The second kappa shape index (κ2) is 6.70. The lowest BCUT2D eigenvalue weighted by Crippen LogP contribution is -2.37. The molecule has 2 atom stereocenters. The van der Waals surface area contributed by atoms with Gasteiger partial charge in [-0.25, -0.2) is 0 Å². The molecule has 0 aromatic rings. The molecule has 0 aromatic heterocycles. The number of rotatable bonds is 6. The molecule has 2 nitrogen and oxygen atoms in total. The molecular weight excluding hydrogens is 192 g/mol. The summed E-state index contributed by atoms with van der Waals surface area (Å²) in [7, 11) is 2.28. The fourth-order valence-corrected chi connectivity index (χ4v) is 3.05. The topological polar surface area (TPSA) is 15.3 Å². The van der Waals surface area contributed by atoms with E-state index in [0.717, 1.165) is 12.0 Å². The van der Waals surface area contributed by atoms with Gasteiger partial charge in [-0.2, -0.15) is 11.8 Å². The fraction of sp³-hybridized carbons (Fsp3) is 1.00. The van der Waals surface area contributed by atoms with Crippen molar-refractivity contribution in [3.05, 3.63) is 0 Å². The predicted octanol–water partition coefficient (Wildman–Crippen LogP) is 1.67. The zero-order chi connectivity index (χ0) is 10.4. The monoisotopic (exact) mass is 216 g/mol. The molecule has 1 aliphatic rings. The Morgan fingerprint density at radius 3 is 2.86 bits per heavy atom. The van der Waals surface area contributed by atoms with Crippen molar-refractivity contribution in [2.75, 3.05) is 38.7 Å². The molecule has 0 bridgehead atoms. The average molecular weight is 216 g/mol. The first-order chi connectivity index (χ1) is 6.77. The van der Waals surface area contributed by atoms with Gasteiger partial charge >= 0.3 is 0 Å². The Labute approximate surface area is 92.8 Å². The molecule has 1 aliphatic heterocycles. The van der Waals surface area contributed by atoms with Crippen molar-refractivity contribution in [3.8, 4) is 0 Å². The minimum Gasteiger partial charge on any atom is -0.316 e. The highest BCUT2D eigenvalue weighted by atomic mass is 32.2. The van der Waals surface area contributed by atoms with Crippen LogP contribution in [0.2, 0.25) is 0 Å². The molecule has 0 aliphatic carbocycles. The van der Waals surface area contributed by atoms with Crippen LogP contribution in [0.25, 0.3) is 0 Å². The van der Waals surface area contributed by atoms with E-state index in [2.05, 4.69) is 30.4 Å². The van der Waals surface area contributed by atoms with E-state index in [0.29, 0.717) is 0 Å². The maximum absolute atomic E-state index is 3.43. The SMILES string of the molecule is CCC(CSC)N(C)CC1CCNC1. The fourth-order valence-electron chi connectivity index (χ4n) is 2.18. The molecular formula is C11H24N2S. The summed E-state index contributed by atoms with van der Waals surface area (Å²) in [4.78, 5) is 2.55. The first-order valence-corrected chi connectivity index (χ1v) is 7.07. The van der Waals surface area contributed by atoms with Gasteiger partial charge in [0, 0.05) is 18.3 Å². The Bertz CT molecular complexity index is 146. The average Bonchev–Trinajstić information content (AvgIpc) is 2.66. The maximum atomic E-state index is 3.43. The number of hydrogen-bond acceptors (Lipinski definition) is 3. The lowest BCUT2D eigenvalue weighted by Gasteiger charge is -2.28. The molecule has 0 amide bonds. The molecule has 1 rings (SSSR count). The van der Waals surface area contributed by atoms with Gasteiger partial charge in [0.25, 0.3) is 0 Å². The van der Waals surface area contributed by atoms with Crippen molar-refractivity contribution in [2.45, 2.75) is 25.8 Å². The van der Waals surface area contributed by atoms with E-state index >= 15 is 0 Å². The molecule has 14 heavy (non-hydrogen) atoms. The molecule has 0 spiro atoms. The molecule has 0 aromatic carbocycles. The second-order valence-electron chi connectivity index (χ2n) is 4.32. The Balaban J connectivity index is 2.26. The first-order valence-electron chi connectivity index (χ1n) is 5.67. The second-order valence-corrected chi connectivity index (χ2v) is 5.23. The highest BCUT2D eigenvalue weighted by Gasteiger charge is 2.19. The van der Waals surface area contributed by atoms with E-state index in [1.54, 1.807) is 0 Å². The van der Waals surface area contributed by atoms with Gasteiger partial charge < -0.3 is 10.2 Å². The number of nitrogens with one attached hydrogen (secondary N) is 1. The van der Waals surface area contributed by atoms with Crippen LogP contribution in [0.5, 0.6) is 0 Å². The summed E-state index contributed by atoms with van der Waals surface area (Å²) in [6.45, 7) is 6.01. The molecule has 84 valence electrons. The van der Waals surface area contributed by atoms with Gasteiger partial charge in [0.1, 0.15) is 0 Å². The van der Waals surface area contributed by atoms with Crippen LogP contribution in [0.3, 0.4) is 0 Å². The summed E-state index contributed by atoms with van der Waals surface area (Å²) in [6, 6.07) is 0.769. The van der Waals surface area contributed by atoms with Gasteiger partial charge in [0.05, 0.1) is 0 Å². The number of nitrogens with zero attached hydrogens (tertiary/aromatic N) is 1. The number of thioether (sulfide) groups is 1. The lowest BCUT2D eigenvalue weighted by molar-refractivity contribution is 0.223. The summed E-state index contributed by atoms with van der Waals surface area (Å²) in [5, 5.41) is 3.43. The zero-order valence-electron chi connectivity index (χ0n) is 9.75. The summed E-state index contributed by atoms with van der Waals surface area (Å²) >= 11 is 1.96. The van der Waals surface area contributed by atoms with E-state index in [-0.39, 0.29) is 0 Å².